The molecule has 0 rings (SSSR count). The zero-order valence-corrected chi connectivity index (χ0v) is 11.2. The summed E-state index contributed by atoms with van der Waals surface area (Å²) in [5.41, 5.74) is 10.2. The molecule has 16 heavy (non-hydrogen) atoms. The van der Waals surface area contributed by atoms with Gasteiger partial charge in [0.05, 0.1) is 0 Å². The van der Waals surface area contributed by atoms with E-state index >= 15 is 0 Å². The van der Waals surface area contributed by atoms with E-state index in [1.54, 1.807) is 6.92 Å². The number of amides is 1. The maximum Gasteiger partial charge on any atom is 0.238 e. The first-order valence-electron chi connectivity index (χ1n) is 5.68. The molecule has 0 spiro atoms. The molecule has 0 aromatic heterocycles. The molecule has 0 aliphatic carbocycles. The van der Waals surface area contributed by atoms with Gasteiger partial charge in [-0.1, -0.05) is 6.92 Å². The molecule has 0 bridgehead atoms. The highest BCUT2D eigenvalue weighted by molar-refractivity contribution is 5.84. The van der Waals surface area contributed by atoms with Crippen LogP contribution in [0.4, 0.5) is 0 Å². The van der Waals surface area contributed by atoms with E-state index in [0.29, 0.717) is 12.6 Å². The molecule has 0 saturated heterocycles. The molecular weight excluding hydrogens is 204 g/mol. The Kier molecular flexibility index (Phi) is 5.92. The normalized spacial score (nSPS) is 17.5. The van der Waals surface area contributed by atoms with Crippen molar-refractivity contribution in [2.24, 2.45) is 11.5 Å². The summed E-state index contributed by atoms with van der Waals surface area (Å²) in [6.07, 6.45) is 0. The fourth-order valence-corrected chi connectivity index (χ4v) is 1.72. The van der Waals surface area contributed by atoms with Gasteiger partial charge in [0.25, 0.3) is 0 Å². The molecule has 0 heterocycles. The van der Waals surface area contributed by atoms with E-state index in [-0.39, 0.29) is 0 Å². The average molecular weight is 230 g/mol. The van der Waals surface area contributed by atoms with Crippen LogP contribution in [0.3, 0.4) is 0 Å². The minimum Gasteiger partial charge on any atom is -0.368 e. The van der Waals surface area contributed by atoms with E-state index < -0.39 is 11.4 Å². The molecule has 96 valence electrons. The third kappa shape index (κ3) is 4.92. The monoisotopic (exact) mass is 230 g/mol. The van der Waals surface area contributed by atoms with Crippen molar-refractivity contribution in [3.63, 3.8) is 0 Å². The van der Waals surface area contributed by atoms with Crippen molar-refractivity contribution >= 4 is 5.91 Å². The predicted octanol–water partition coefficient (Wildman–Crippen LogP) is -0.539. The quantitative estimate of drug-likeness (QED) is 0.616. The standard InChI is InChI=1S/C11H26N4O/c1-6-15(9(2)7-14(4)5)8-11(3,13)10(12)16/h9H,6-8,13H2,1-5H3,(H2,12,16). The molecule has 1 amide bonds. The highest BCUT2D eigenvalue weighted by Crippen LogP contribution is 2.07. The fourth-order valence-electron chi connectivity index (χ4n) is 1.72. The predicted molar refractivity (Wildman–Crippen MR) is 67.0 cm³/mol. The second kappa shape index (κ2) is 6.18. The Balaban J connectivity index is 4.45. The highest BCUT2D eigenvalue weighted by atomic mass is 16.1. The second-order valence-electron chi connectivity index (χ2n) is 4.96. The molecule has 0 aromatic carbocycles. The maximum absolute atomic E-state index is 11.2. The van der Waals surface area contributed by atoms with Gasteiger partial charge in [-0.3, -0.25) is 9.69 Å². The number of hydrogen-bond acceptors (Lipinski definition) is 4. The van der Waals surface area contributed by atoms with Gasteiger partial charge >= 0.3 is 0 Å². The molecule has 0 fully saturated rings. The number of carbonyl (C=O) groups is 1. The molecule has 5 heteroatoms. The van der Waals surface area contributed by atoms with Gasteiger partial charge in [0, 0.05) is 19.1 Å². The van der Waals surface area contributed by atoms with E-state index in [9.17, 15) is 4.79 Å². The highest BCUT2D eigenvalue weighted by Gasteiger charge is 2.29. The molecule has 0 aliphatic rings. The van der Waals surface area contributed by atoms with Crippen LogP contribution in [-0.2, 0) is 4.79 Å². The van der Waals surface area contributed by atoms with Gasteiger partial charge in [-0.2, -0.15) is 0 Å². The van der Waals surface area contributed by atoms with Gasteiger partial charge in [0.15, 0.2) is 0 Å². The molecule has 2 unspecified atom stereocenters. The zero-order valence-electron chi connectivity index (χ0n) is 11.2. The van der Waals surface area contributed by atoms with E-state index in [2.05, 4.69) is 23.6 Å². The first kappa shape index (κ1) is 15.3. The van der Waals surface area contributed by atoms with Gasteiger partial charge in [-0.15, -0.1) is 0 Å². The first-order chi connectivity index (χ1) is 7.20. The Morgan fingerprint density at radius 3 is 2.25 bits per heavy atom. The minimum atomic E-state index is -0.962. The van der Waals surface area contributed by atoms with E-state index in [0.717, 1.165) is 13.1 Å². The van der Waals surface area contributed by atoms with E-state index in [1.165, 1.54) is 0 Å². The van der Waals surface area contributed by atoms with Crippen molar-refractivity contribution in [2.45, 2.75) is 32.4 Å². The Morgan fingerprint density at radius 1 is 1.44 bits per heavy atom. The summed E-state index contributed by atoms with van der Waals surface area (Å²) in [4.78, 5) is 15.5. The van der Waals surface area contributed by atoms with Crippen molar-refractivity contribution in [1.29, 1.82) is 0 Å². The third-order valence-corrected chi connectivity index (χ3v) is 2.75. The van der Waals surface area contributed by atoms with Crippen molar-refractivity contribution in [2.75, 3.05) is 33.7 Å². The lowest BCUT2D eigenvalue weighted by Gasteiger charge is -2.35. The van der Waals surface area contributed by atoms with Crippen LogP contribution in [-0.4, -0.2) is 61.0 Å². The largest absolute Gasteiger partial charge is 0.368 e. The van der Waals surface area contributed by atoms with Gasteiger partial charge < -0.3 is 16.4 Å². The average Bonchev–Trinajstić information content (AvgIpc) is 2.12. The Bertz CT molecular complexity index is 228. The molecule has 2 atom stereocenters. The summed E-state index contributed by atoms with van der Waals surface area (Å²) in [6, 6.07) is 0.349. The van der Waals surface area contributed by atoms with Gasteiger partial charge in [-0.25, -0.2) is 0 Å². The van der Waals surface area contributed by atoms with Crippen LogP contribution >= 0.6 is 0 Å². The summed E-state index contributed by atoms with van der Waals surface area (Å²) >= 11 is 0. The Labute approximate surface area is 98.7 Å². The first-order valence-corrected chi connectivity index (χ1v) is 5.68. The van der Waals surface area contributed by atoms with Crippen LogP contribution in [0.2, 0.25) is 0 Å². The zero-order chi connectivity index (χ0) is 12.9. The Hall–Kier alpha value is -0.650. The molecule has 5 nitrogen and oxygen atoms in total. The van der Waals surface area contributed by atoms with Crippen LogP contribution in [0, 0.1) is 0 Å². The SMILES string of the molecule is CCN(CC(C)(N)C(N)=O)C(C)CN(C)C. The van der Waals surface area contributed by atoms with Crippen LogP contribution in [0.5, 0.6) is 0 Å². The number of hydrogen-bond donors (Lipinski definition) is 2. The van der Waals surface area contributed by atoms with Crippen molar-refractivity contribution < 1.29 is 4.79 Å². The molecule has 0 radical (unpaired) electrons. The van der Waals surface area contributed by atoms with Crippen LogP contribution in [0.1, 0.15) is 20.8 Å². The smallest absolute Gasteiger partial charge is 0.238 e. The van der Waals surface area contributed by atoms with Crippen LogP contribution < -0.4 is 11.5 Å². The lowest BCUT2D eigenvalue weighted by atomic mass is 10.0. The summed E-state index contributed by atoms with van der Waals surface area (Å²) in [5, 5.41) is 0. The maximum atomic E-state index is 11.2. The Morgan fingerprint density at radius 2 is 1.94 bits per heavy atom. The number of nitrogens with zero attached hydrogens (tertiary/aromatic N) is 2. The third-order valence-electron chi connectivity index (χ3n) is 2.75. The minimum absolute atomic E-state index is 0.349. The second-order valence-corrected chi connectivity index (χ2v) is 4.96. The number of likely N-dealkylation sites (N-methyl/N-ethyl adjacent to an activating group) is 2. The van der Waals surface area contributed by atoms with Crippen molar-refractivity contribution in [3.05, 3.63) is 0 Å². The molecular formula is C11H26N4O. The van der Waals surface area contributed by atoms with E-state index in [1.807, 2.05) is 14.1 Å². The summed E-state index contributed by atoms with van der Waals surface area (Å²) in [6.45, 7) is 8.15. The van der Waals surface area contributed by atoms with Gasteiger partial charge in [0.1, 0.15) is 5.54 Å². The lowest BCUT2D eigenvalue weighted by molar-refractivity contribution is -0.123. The summed E-state index contributed by atoms with van der Waals surface area (Å²) < 4.78 is 0. The molecule has 0 aliphatic heterocycles. The lowest BCUT2D eigenvalue weighted by Crippen LogP contribution is -2.58. The fraction of sp³-hybridized carbons (Fsp3) is 0.909. The number of primary amides is 1. The van der Waals surface area contributed by atoms with Crippen LogP contribution in [0.15, 0.2) is 0 Å². The van der Waals surface area contributed by atoms with Gasteiger partial charge in [-0.05, 0) is 34.5 Å². The summed E-state index contributed by atoms with van der Waals surface area (Å²) in [5.74, 6) is -0.456. The molecule has 0 aromatic rings. The number of nitrogens with two attached hydrogens (primary N) is 2. The molecule has 4 N–H and O–H groups in total. The van der Waals surface area contributed by atoms with Crippen molar-refractivity contribution in [1.82, 2.24) is 9.80 Å². The van der Waals surface area contributed by atoms with Crippen LogP contribution in [0.25, 0.3) is 0 Å². The number of carbonyl (C=O) groups excluding carboxylic acids is 1. The van der Waals surface area contributed by atoms with Gasteiger partial charge in [0.2, 0.25) is 5.91 Å². The summed E-state index contributed by atoms with van der Waals surface area (Å²) in [7, 11) is 4.06. The molecule has 0 saturated carbocycles. The van der Waals surface area contributed by atoms with E-state index in [4.69, 9.17) is 11.5 Å². The topological polar surface area (TPSA) is 75.6 Å². The van der Waals surface area contributed by atoms with Crippen molar-refractivity contribution in [3.8, 4) is 0 Å². The number of rotatable bonds is 7.